The highest BCUT2D eigenvalue weighted by atomic mass is 32.2. The van der Waals surface area contributed by atoms with E-state index in [0.717, 1.165) is 17.0 Å². The van der Waals surface area contributed by atoms with Crippen molar-refractivity contribution in [3.63, 3.8) is 0 Å². The second kappa shape index (κ2) is 10.2. The lowest BCUT2D eigenvalue weighted by Gasteiger charge is -2.12. The zero-order chi connectivity index (χ0) is 20.6. The van der Waals surface area contributed by atoms with E-state index in [2.05, 4.69) is 25.3 Å². The van der Waals surface area contributed by atoms with Gasteiger partial charge in [-0.1, -0.05) is 12.1 Å². The van der Waals surface area contributed by atoms with Gasteiger partial charge in [0.05, 0.1) is 23.7 Å². The van der Waals surface area contributed by atoms with Crippen molar-refractivity contribution in [2.75, 3.05) is 27.3 Å². The molecule has 1 aromatic carbocycles. The molecule has 3 N–H and O–H groups in total. The van der Waals surface area contributed by atoms with Crippen LogP contribution in [0.3, 0.4) is 0 Å². The number of aryl methyl sites for hydroxylation is 2. The Morgan fingerprint density at radius 3 is 2.64 bits per heavy atom. The van der Waals surface area contributed by atoms with Crippen molar-refractivity contribution in [3.05, 3.63) is 47.2 Å². The van der Waals surface area contributed by atoms with Crippen LogP contribution in [0.25, 0.3) is 0 Å². The summed E-state index contributed by atoms with van der Waals surface area (Å²) < 4.78 is 37.5. The van der Waals surface area contributed by atoms with E-state index < -0.39 is 10.0 Å². The summed E-state index contributed by atoms with van der Waals surface area (Å²) in [5, 5.41) is 6.26. The lowest BCUT2D eigenvalue weighted by molar-refractivity contribution is 0.204. The fraction of sp³-hybridized carbons (Fsp3) is 0.444. The van der Waals surface area contributed by atoms with Crippen LogP contribution >= 0.6 is 0 Å². The van der Waals surface area contributed by atoms with E-state index in [4.69, 9.17) is 9.15 Å². The fourth-order valence-electron chi connectivity index (χ4n) is 2.36. The van der Waals surface area contributed by atoms with Gasteiger partial charge in [0, 0.05) is 27.2 Å². The van der Waals surface area contributed by atoms with E-state index in [0.29, 0.717) is 31.5 Å². The average molecular weight is 410 g/mol. The summed E-state index contributed by atoms with van der Waals surface area (Å²) in [5.41, 5.74) is 1.66. The van der Waals surface area contributed by atoms with Crippen molar-refractivity contribution in [3.8, 4) is 0 Å². The normalized spacial score (nSPS) is 12.2. The van der Waals surface area contributed by atoms with Crippen LogP contribution in [0.15, 0.2) is 38.6 Å². The van der Waals surface area contributed by atoms with Gasteiger partial charge in [-0.05, 0) is 31.5 Å². The first-order valence-corrected chi connectivity index (χ1v) is 10.3. The third-order valence-corrected chi connectivity index (χ3v) is 5.43. The number of nitrogens with zero attached hydrogens (tertiary/aromatic N) is 2. The Morgan fingerprint density at radius 2 is 2.00 bits per heavy atom. The number of methoxy groups -OCH3 is 1. The molecule has 0 bridgehead atoms. The maximum atomic E-state index is 12.3. The van der Waals surface area contributed by atoms with Crippen LogP contribution in [0.5, 0.6) is 0 Å². The molecule has 0 atom stereocenters. The maximum absolute atomic E-state index is 12.3. The lowest BCUT2D eigenvalue weighted by Crippen LogP contribution is -2.36. The Morgan fingerprint density at radius 1 is 1.25 bits per heavy atom. The number of aromatic nitrogens is 1. The topological polar surface area (TPSA) is 118 Å². The molecule has 2 aromatic rings. The Balaban J connectivity index is 1.93. The van der Waals surface area contributed by atoms with Gasteiger partial charge in [0.15, 0.2) is 5.96 Å². The van der Waals surface area contributed by atoms with Crippen LogP contribution in [0.4, 0.5) is 0 Å². The lowest BCUT2D eigenvalue weighted by atomic mass is 10.2. The highest BCUT2D eigenvalue weighted by molar-refractivity contribution is 7.89. The van der Waals surface area contributed by atoms with Crippen LogP contribution in [0, 0.1) is 13.8 Å². The van der Waals surface area contributed by atoms with Crippen LogP contribution in [0.1, 0.15) is 22.9 Å². The van der Waals surface area contributed by atoms with Crippen LogP contribution < -0.4 is 15.4 Å². The first-order valence-electron chi connectivity index (χ1n) is 8.80. The molecule has 0 spiro atoms. The van der Waals surface area contributed by atoms with Gasteiger partial charge in [0.2, 0.25) is 15.9 Å². The summed E-state index contributed by atoms with van der Waals surface area (Å²) in [6.45, 7) is 5.09. The predicted octanol–water partition coefficient (Wildman–Crippen LogP) is 1.08. The number of hydrogen-bond donors (Lipinski definition) is 3. The molecule has 0 saturated carbocycles. The Labute approximate surface area is 165 Å². The minimum atomic E-state index is -3.57. The minimum absolute atomic E-state index is 0.205. The SMILES string of the molecule is CN=C(NCc1cccc(S(=O)(=O)NCCOC)c1)NCc1nc(C)c(C)o1. The third kappa shape index (κ3) is 6.32. The van der Waals surface area contributed by atoms with E-state index in [1.807, 2.05) is 19.9 Å². The third-order valence-electron chi connectivity index (χ3n) is 3.97. The van der Waals surface area contributed by atoms with Gasteiger partial charge in [0.25, 0.3) is 0 Å². The van der Waals surface area contributed by atoms with Crippen LogP contribution in [-0.2, 0) is 27.8 Å². The molecule has 0 aliphatic heterocycles. The monoisotopic (exact) mass is 409 g/mol. The average Bonchev–Trinajstić information content (AvgIpc) is 3.00. The molecular weight excluding hydrogens is 382 g/mol. The van der Waals surface area contributed by atoms with Gasteiger partial charge < -0.3 is 19.8 Å². The highest BCUT2D eigenvalue weighted by Crippen LogP contribution is 2.11. The summed E-state index contributed by atoms with van der Waals surface area (Å²) in [6.07, 6.45) is 0. The molecule has 0 radical (unpaired) electrons. The second-order valence-electron chi connectivity index (χ2n) is 6.07. The number of aliphatic imine (C=N–C) groups is 1. The molecular formula is C18H27N5O4S. The number of guanidine groups is 1. The molecule has 1 aromatic heterocycles. The summed E-state index contributed by atoms with van der Waals surface area (Å²) >= 11 is 0. The first kappa shape index (κ1) is 21.9. The fourth-order valence-corrected chi connectivity index (χ4v) is 3.45. The molecule has 0 aliphatic carbocycles. The molecule has 0 fully saturated rings. The van der Waals surface area contributed by atoms with Gasteiger partial charge in [-0.2, -0.15) is 0 Å². The number of hydrogen-bond acceptors (Lipinski definition) is 6. The molecule has 1 heterocycles. The molecule has 10 heteroatoms. The Kier molecular flexibility index (Phi) is 7.97. The standard InChI is InChI=1S/C18H27N5O4S/c1-13-14(2)27-17(23-13)12-21-18(19-3)20-11-15-6-5-7-16(10-15)28(24,25)22-8-9-26-4/h5-7,10,22H,8-9,11-12H2,1-4H3,(H2,19,20,21). The van der Waals surface area contributed by atoms with Gasteiger partial charge in [-0.15, -0.1) is 0 Å². The maximum Gasteiger partial charge on any atom is 0.240 e. The molecule has 154 valence electrons. The summed E-state index contributed by atoms with van der Waals surface area (Å²) in [7, 11) is -0.397. The van der Waals surface area contributed by atoms with E-state index in [1.54, 1.807) is 25.2 Å². The number of rotatable bonds is 9. The second-order valence-corrected chi connectivity index (χ2v) is 7.83. The van der Waals surface area contributed by atoms with Crippen molar-refractivity contribution in [1.29, 1.82) is 0 Å². The summed E-state index contributed by atoms with van der Waals surface area (Å²) in [6, 6.07) is 6.72. The van der Waals surface area contributed by atoms with Crippen molar-refractivity contribution in [2.24, 2.45) is 4.99 Å². The first-order chi connectivity index (χ1) is 13.4. The van der Waals surface area contributed by atoms with E-state index in [9.17, 15) is 8.42 Å². The molecule has 9 nitrogen and oxygen atoms in total. The van der Waals surface area contributed by atoms with Gasteiger partial charge >= 0.3 is 0 Å². The quantitative estimate of drug-likeness (QED) is 0.322. The van der Waals surface area contributed by atoms with Crippen LogP contribution in [-0.4, -0.2) is 46.7 Å². The van der Waals surface area contributed by atoms with E-state index >= 15 is 0 Å². The van der Waals surface area contributed by atoms with Gasteiger partial charge in [0.1, 0.15) is 5.76 Å². The molecule has 2 rings (SSSR count). The number of nitrogens with one attached hydrogen (secondary N) is 3. The Hall–Kier alpha value is -2.43. The molecule has 0 amide bonds. The van der Waals surface area contributed by atoms with Crippen molar-refractivity contribution in [1.82, 2.24) is 20.3 Å². The highest BCUT2D eigenvalue weighted by Gasteiger charge is 2.14. The molecule has 0 aliphatic rings. The van der Waals surface area contributed by atoms with Crippen molar-refractivity contribution in [2.45, 2.75) is 31.8 Å². The summed E-state index contributed by atoms with van der Waals surface area (Å²) in [5.74, 6) is 1.92. The number of sulfonamides is 1. The zero-order valence-corrected chi connectivity index (χ0v) is 17.4. The van der Waals surface area contributed by atoms with E-state index in [-0.39, 0.29) is 11.4 Å². The summed E-state index contributed by atoms with van der Waals surface area (Å²) in [4.78, 5) is 8.66. The Bertz CT molecular complexity index is 889. The zero-order valence-electron chi connectivity index (χ0n) is 16.6. The van der Waals surface area contributed by atoms with Crippen molar-refractivity contribution >= 4 is 16.0 Å². The minimum Gasteiger partial charge on any atom is -0.444 e. The van der Waals surface area contributed by atoms with Gasteiger partial charge in [-0.25, -0.2) is 18.1 Å². The smallest absolute Gasteiger partial charge is 0.240 e. The number of ether oxygens (including phenoxy) is 1. The van der Waals surface area contributed by atoms with Crippen molar-refractivity contribution < 1.29 is 17.6 Å². The molecule has 0 unspecified atom stereocenters. The van der Waals surface area contributed by atoms with Gasteiger partial charge in [-0.3, -0.25) is 4.99 Å². The predicted molar refractivity (Wildman–Crippen MR) is 107 cm³/mol. The molecule has 0 saturated heterocycles. The largest absolute Gasteiger partial charge is 0.444 e. The number of oxazole rings is 1. The molecule has 28 heavy (non-hydrogen) atoms. The van der Waals surface area contributed by atoms with Crippen LogP contribution in [0.2, 0.25) is 0 Å². The number of benzene rings is 1. The van der Waals surface area contributed by atoms with E-state index in [1.165, 1.54) is 7.11 Å².